The summed E-state index contributed by atoms with van der Waals surface area (Å²) in [6.45, 7) is 0.612. The van der Waals surface area contributed by atoms with Gasteiger partial charge in [-0.2, -0.15) is 5.10 Å². The zero-order valence-corrected chi connectivity index (χ0v) is 13.9. The van der Waals surface area contributed by atoms with Crippen molar-refractivity contribution in [3.8, 4) is 0 Å². The van der Waals surface area contributed by atoms with Crippen LogP contribution in [0.1, 0.15) is 11.1 Å². The molecule has 0 radical (unpaired) electrons. The fraction of sp³-hybridized carbons (Fsp3) is 0.118. The first-order valence-electron chi connectivity index (χ1n) is 7.44. The van der Waals surface area contributed by atoms with Crippen molar-refractivity contribution in [3.63, 3.8) is 0 Å². The Hall–Kier alpha value is -2.58. The average molecular weight is 363 g/mol. The van der Waals surface area contributed by atoms with E-state index in [1.807, 2.05) is 24.4 Å². The van der Waals surface area contributed by atoms with Crippen molar-refractivity contribution in [2.75, 3.05) is 0 Å². The highest BCUT2D eigenvalue weighted by atomic mass is 32.2. The van der Waals surface area contributed by atoms with Crippen LogP contribution in [0.5, 0.6) is 0 Å². The van der Waals surface area contributed by atoms with Crippen LogP contribution >= 0.6 is 0 Å². The number of halogens is 2. The Morgan fingerprint density at radius 1 is 1.04 bits per heavy atom. The maximum absolute atomic E-state index is 13.6. The number of aromatic nitrogens is 2. The molecule has 2 aromatic carbocycles. The van der Waals surface area contributed by atoms with E-state index in [-0.39, 0.29) is 6.54 Å². The molecule has 0 saturated carbocycles. The lowest BCUT2D eigenvalue weighted by Gasteiger charge is -2.09. The summed E-state index contributed by atoms with van der Waals surface area (Å²) in [6.07, 6.45) is 3.54. The number of rotatable bonds is 6. The Morgan fingerprint density at radius 3 is 2.40 bits per heavy atom. The molecule has 0 saturated heterocycles. The molecular weight excluding hydrogens is 348 g/mol. The number of hydrogen-bond donors (Lipinski definition) is 1. The predicted molar refractivity (Wildman–Crippen MR) is 88.2 cm³/mol. The van der Waals surface area contributed by atoms with E-state index >= 15 is 0 Å². The van der Waals surface area contributed by atoms with Crippen molar-refractivity contribution in [3.05, 3.63) is 83.7 Å². The molecule has 8 heteroatoms. The van der Waals surface area contributed by atoms with Crippen LogP contribution < -0.4 is 4.72 Å². The zero-order valence-electron chi connectivity index (χ0n) is 13.1. The first kappa shape index (κ1) is 17.2. The summed E-state index contributed by atoms with van der Waals surface area (Å²) in [5, 5.41) is 4.11. The van der Waals surface area contributed by atoms with Crippen LogP contribution in [0.15, 0.2) is 65.8 Å². The maximum Gasteiger partial charge on any atom is 0.243 e. The Morgan fingerprint density at radius 2 is 1.76 bits per heavy atom. The lowest BCUT2D eigenvalue weighted by Crippen LogP contribution is -2.24. The van der Waals surface area contributed by atoms with Gasteiger partial charge in [-0.05, 0) is 29.3 Å². The van der Waals surface area contributed by atoms with Crippen molar-refractivity contribution in [2.45, 2.75) is 18.0 Å². The molecule has 0 bridgehead atoms. The highest BCUT2D eigenvalue weighted by molar-refractivity contribution is 7.89. The minimum absolute atomic E-state index is 0.00119. The highest BCUT2D eigenvalue weighted by Gasteiger charge is 2.19. The van der Waals surface area contributed by atoms with Crippen molar-refractivity contribution in [1.82, 2.24) is 14.5 Å². The highest BCUT2D eigenvalue weighted by Crippen LogP contribution is 2.16. The molecule has 3 rings (SSSR count). The van der Waals surface area contributed by atoms with Crippen LogP contribution in [-0.2, 0) is 23.1 Å². The molecule has 0 aliphatic rings. The summed E-state index contributed by atoms with van der Waals surface area (Å²) >= 11 is 0. The molecule has 0 fully saturated rings. The average Bonchev–Trinajstić information content (AvgIpc) is 3.07. The lowest BCUT2D eigenvalue weighted by molar-refractivity contribution is 0.543. The third-order valence-corrected chi connectivity index (χ3v) is 5.01. The SMILES string of the molecule is O=S(=O)(NCc1ccc(Cn2cccn2)cc1)c1ccc(F)cc1F. The van der Waals surface area contributed by atoms with E-state index in [1.165, 1.54) is 0 Å². The predicted octanol–water partition coefficient (Wildman–Crippen LogP) is 2.69. The molecule has 1 aromatic heterocycles. The van der Waals surface area contributed by atoms with Gasteiger partial charge in [0.2, 0.25) is 10.0 Å². The molecule has 130 valence electrons. The van der Waals surface area contributed by atoms with Crippen LogP contribution in [0.25, 0.3) is 0 Å². The molecule has 3 aromatic rings. The fourth-order valence-electron chi connectivity index (χ4n) is 2.29. The van der Waals surface area contributed by atoms with E-state index in [1.54, 1.807) is 23.0 Å². The molecule has 0 spiro atoms. The summed E-state index contributed by atoms with van der Waals surface area (Å²) in [5.74, 6) is -1.95. The molecule has 0 amide bonds. The van der Waals surface area contributed by atoms with Crippen molar-refractivity contribution in [2.24, 2.45) is 0 Å². The van der Waals surface area contributed by atoms with Gasteiger partial charge >= 0.3 is 0 Å². The number of benzene rings is 2. The smallest absolute Gasteiger partial charge is 0.243 e. The number of nitrogens with one attached hydrogen (secondary N) is 1. The van der Waals surface area contributed by atoms with E-state index in [0.29, 0.717) is 12.6 Å². The maximum atomic E-state index is 13.6. The second kappa shape index (κ2) is 7.12. The van der Waals surface area contributed by atoms with E-state index < -0.39 is 26.6 Å². The van der Waals surface area contributed by atoms with E-state index in [2.05, 4.69) is 9.82 Å². The molecule has 0 atom stereocenters. The molecule has 0 aliphatic carbocycles. The number of nitrogens with zero attached hydrogens (tertiary/aromatic N) is 2. The molecule has 0 aliphatic heterocycles. The quantitative estimate of drug-likeness (QED) is 0.732. The number of hydrogen-bond acceptors (Lipinski definition) is 3. The van der Waals surface area contributed by atoms with E-state index in [9.17, 15) is 17.2 Å². The van der Waals surface area contributed by atoms with Crippen molar-refractivity contribution < 1.29 is 17.2 Å². The monoisotopic (exact) mass is 363 g/mol. The summed E-state index contributed by atoms with van der Waals surface area (Å²) in [4.78, 5) is -0.579. The number of sulfonamides is 1. The van der Waals surface area contributed by atoms with Crippen LogP contribution in [0.3, 0.4) is 0 Å². The largest absolute Gasteiger partial charge is 0.268 e. The third kappa shape index (κ3) is 4.28. The van der Waals surface area contributed by atoms with Gasteiger partial charge in [-0.25, -0.2) is 21.9 Å². The van der Waals surface area contributed by atoms with Gasteiger partial charge in [-0.3, -0.25) is 4.68 Å². The van der Waals surface area contributed by atoms with Gasteiger partial charge in [-0.15, -0.1) is 0 Å². The van der Waals surface area contributed by atoms with Crippen LogP contribution in [-0.4, -0.2) is 18.2 Å². The van der Waals surface area contributed by atoms with Gasteiger partial charge in [0.25, 0.3) is 0 Å². The van der Waals surface area contributed by atoms with Gasteiger partial charge in [-0.1, -0.05) is 24.3 Å². The standard InChI is InChI=1S/C17H15F2N3O2S/c18-15-6-7-17(16(19)10-15)25(23,24)21-11-13-2-4-14(5-3-13)12-22-9-1-8-20-22/h1-10,21H,11-12H2. The Balaban J connectivity index is 1.66. The summed E-state index contributed by atoms with van der Waals surface area (Å²) < 4.78 is 54.9. The second-order valence-corrected chi connectivity index (χ2v) is 7.15. The Kier molecular flexibility index (Phi) is 4.91. The van der Waals surface area contributed by atoms with Gasteiger partial charge in [0.15, 0.2) is 0 Å². The summed E-state index contributed by atoms with van der Waals surface area (Å²) in [5.41, 5.74) is 1.73. The second-order valence-electron chi connectivity index (χ2n) is 5.42. The fourth-order valence-corrected chi connectivity index (χ4v) is 3.37. The molecular formula is C17H15F2N3O2S. The molecule has 1 heterocycles. The normalized spacial score (nSPS) is 11.6. The van der Waals surface area contributed by atoms with E-state index in [4.69, 9.17) is 0 Å². The van der Waals surface area contributed by atoms with Gasteiger partial charge < -0.3 is 0 Å². The van der Waals surface area contributed by atoms with Crippen LogP contribution in [0.2, 0.25) is 0 Å². The minimum Gasteiger partial charge on any atom is -0.268 e. The third-order valence-electron chi connectivity index (χ3n) is 3.58. The first-order chi connectivity index (χ1) is 11.9. The minimum atomic E-state index is -4.06. The van der Waals surface area contributed by atoms with Crippen LogP contribution in [0, 0.1) is 11.6 Å². The summed E-state index contributed by atoms with van der Waals surface area (Å²) in [6, 6.07) is 11.5. The molecule has 5 nitrogen and oxygen atoms in total. The lowest BCUT2D eigenvalue weighted by atomic mass is 10.1. The summed E-state index contributed by atoms with van der Waals surface area (Å²) in [7, 11) is -4.06. The van der Waals surface area contributed by atoms with Crippen molar-refractivity contribution >= 4 is 10.0 Å². The van der Waals surface area contributed by atoms with Gasteiger partial charge in [0.05, 0.1) is 6.54 Å². The van der Waals surface area contributed by atoms with E-state index in [0.717, 1.165) is 23.3 Å². The topological polar surface area (TPSA) is 64.0 Å². The Labute approximate surface area is 144 Å². The molecule has 25 heavy (non-hydrogen) atoms. The van der Waals surface area contributed by atoms with Gasteiger partial charge in [0, 0.05) is 25.0 Å². The van der Waals surface area contributed by atoms with Crippen LogP contribution in [0.4, 0.5) is 8.78 Å². The zero-order chi connectivity index (χ0) is 17.9. The van der Waals surface area contributed by atoms with Crippen molar-refractivity contribution in [1.29, 1.82) is 0 Å². The van der Waals surface area contributed by atoms with Gasteiger partial charge in [0.1, 0.15) is 16.5 Å². The molecule has 0 unspecified atom stereocenters. The Bertz CT molecular complexity index is 956. The molecule has 1 N–H and O–H groups in total. The first-order valence-corrected chi connectivity index (χ1v) is 8.92.